The monoisotopic (exact) mass is 511 g/mol. The Morgan fingerprint density at radius 3 is 2.17 bits per heavy atom. The predicted octanol–water partition coefficient (Wildman–Crippen LogP) is 5.49. The van der Waals surface area contributed by atoms with Gasteiger partial charge in [-0.25, -0.2) is 0 Å². The van der Waals surface area contributed by atoms with E-state index in [1.165, 1.54) is 0 Å². The molecule has 1 aliphatic rings. The molecule has 7 heteroatoms. The summed E-state index contributed by atoms with van der Waals surface area (Å²) in [5, 5.41) is 4.34. The van der Waals surface area contributed by atoms with Crippen molar-refractivity contribution < 1.29 is 9.53 Å². The van der Waals surface area contributed by atoms with Gasteiger partial charge in [-0.1, -0.05) is 53.5 Å². The molecule has 4 rings (SSSR count). The third-order valence-corrected chi connectivity index (χ3v) is 6.78. The Bertz CT molecular complexity index is 1130. The Hall–Kier alpha value is -2.57. The average molecular weight is 512 g/mol. The van der Waals surface area contributed by atoms with Crippen molar-refractivity contribution in [1.82, 2.24) is 15.1 Å². The number of amides is 1. The number of nitrogens with zero attached hydrogens (tertiary/aromatic N) is 2. The molecule has 0 radical (unpaired) electrons. The van der Waals surface area contributed by atoms with E-state index in [1.54, 1.807) is 6.92 Å². The summed E-state index contributed by atoms with van der Waals surface area (Å²) in [6.07, 6.45) is -0.630. The minimum Gasteiger partial charge on any atom is -0.481 e. The van der Waals surface area contributed by atoms with Gasteiger partial charge in [0, 0.05) is 54.9 Å². The summed E-state index contributed by atoms with van der Waals surface area (Å²) in [5.74, 6) is 0.572. The number of rotatable bonds is 8. The molecular weight excluding hydrogens is 481 g/mol. The van der Waals surface area contributed by atoms with E-state index in [0.717, 1.165) is 60.7 Å². The van der Waals surface area contributed by atoms with Crippen molar-refractivity contribution in [2.75, 3.05) is 33.2 Å². The molecule has 1 amide bonds. The zero-order valence-corrected chi connectivity index (χ0v) is 21.6. The third kappa shape index (κ3) is 7.21. The van der Waals surface area contributed by atoms with E-state index in [1.807, 2.05) is 60.7 Å². The number of carbonyl (C=O) groups excluding carboxylic acids is 1. The zero-order chi connectivity index (χ0) is 24.8. The van der Waals surface area contributed by atoms with Crippen molar-refractivity contribution in [3.63, 3.8) is 0 Å². The molecule has 3 aromatic carbocycles. The van der Waals surface area contributed by atoms with Crippen LogP contribution in [-0.2, 0) is 17.9 Å². The fraction of sp³-hybridized carbons (Fsp3) is 0.321. The number of hydrogen-bond donors (Lipinski definition) is 1. The van der Waals surface area contributed by atoms with E-state index in [0.29, 0.717) is 16.6 Å². The molecule has 0 aliphatic carbocycles. The molecule has 1 fully saturated rings. The predicted molar refractivity (Wildman–Crippen MR) is 143 cm³/mol. The molecule has 1 heterocycles. The van der Waals surface area contributed by atoms with E-state index in [4.69, 9.17) is 27.9 Å². The molecule has 0 bridgehead atoms. The third-order valence-electron chi connectivity index (χ3n) is 6.28. The van der Waals surface area contributed by atoms with Gasteiger partial charge in [-0.2, -0.15) is 0 Å². The Morgan fingerprint density at radius 2 is 1.51 bits per heavy atom. The van der Waals surface area contributed by atoms with Crippen molar-refractivity contribution >= 4 is 29.1 Å². The van der Waals surface area contributed by atoms with E-state index < -0.39 is 6.10 Å². The molecule has 0 spiro atoms. The number of piperazine rings is 1. The van der Waals surface area contributed by atoms with Crippen LogP contribution in [0.3, 0.4) is 0 Å². The van der Waals surface area contributed by atoms with Gasteiger partial charge in [0.25, 0.3) is 5.91 Å². The first kappa shape index (κ1) is 25.5. The number of ether oxygens (including phenoxy) is 1. The smallest absolute Gasteiger partial charge is 0.261 e. The van der Waals surface area contributed by atoms with E-state index >= 15 is 0 Å². The molecule has 1 saturated heterocycles. The van der Waals surface area contributed by atoms with E-state index in [-0.39, 0.29) is 5.91 Å². The first-order valence-electron chi connectivity index (χ1n) is 11.9. The summed E-state index contributed by atoms with van der Waals surface area (Å²) >= 11 is 12.0. The minimum absolute atomic E-state index is 0.160. The lowest BCUT2D eigenvalue weighted by molar-refractivity contribution is -0.127. The van der Waals surface area contributed by atoms with Crippen LogP contribution in [0.2, 0.25) is 10.0 Å². The van der Waals surface area contributed by atoms with Crippen LogP contribution >= 0.6 is 23.2 Å². The molecule has 1 atom stereocenters. The number of hydrogen-bond acceptors (Lipinski definition) is 4. The van der Waals surface area contributed by atoms with Gasteiger partial charge in [0.05, 0.1) is 0 Å². The van der Waals surface area contributed by atoms with Crippen molar-refractivity contribution in [1.29, 1.82) is 0 Å². The molecule has 1 unspecified atom stereocenters. The van der Waals surface area contributed by atoms with E-state index in [2.05, 4.69) is 28.2 Å². The maximum atomic E-state index is 12.8. The van der Waals surface area contributed by atoms with Crippen LogP contribution < -0.4 is 10.1 Å². The first-order chi connectivity index (χ1) is 16.9. The second kappa shape index (κ2) is 11.9. The molecule has 184 valence electrons. The maximum absolute atomic E-state index is 12.8. The lowest BCUT2D eigenvalue weighted by Crippen LogP contribution is -2.44. The number of halogens is 2. The summed E-state index contributed by atoms with van der Waals surface area (Å²) in [6.45, 7) is 7.05. The van der Waals surface area contributed by atoms with Crippen LogP contribution in [-0.4, -0.2) is 55.0 Å². The van der Waals surface area contributed by atoms with Crippen LogP contribution in [0.5, 0.6) is 5.75 Å². The van der Waals surface area contributed by atoms with Gasteiger partial charge in [0.2, 0.25) is 0 Å². The van der Waals surface area contributed by atoms with Gasteiger partial charge in [-0.05, 0) is 67.1 Å². The normalized spacial score (nSPS) is 15.5. The van der Waals surface area contributed by atoms with Crippen LogP contribution in [0, 0.1) is 0 Å². The lowest BCUT2D eigenvalue weighted by Gasteiger charge is -2.33. The summed E-state index contributed by atoms with van der Waals surface area (Å²) in [5.41, 5.74) is 4.24. The van der Waals surface area contributed by atoms with Gasteiger partial charge >= 0.3 is 0 Å². The van der Waals surface area contributed by atoms with Crippen molar-refractivity contribution in [3.05, 3.63) is 87.9 Å². The quantitative estimate of drug-likeness (QED) is 0.434. The molecule has 35 heavy (non-hydrogen) atoms. The van der Waals surface area contributed by atoms with Crippen LogP contribution in [0.1, 0.15) is 18.1 Å². The molecule has 1 N–H and O–H groups in total. The largest absolute Gasteiger partial charge is 0.481 e. The maximum Gasteiger partial charge on any atom is 0.261 e. The topological polar surface area (TPSA) is 44.8 Å². The number of benzene rings is 3. The minimum atomic E-state index is -0.630. The number of carbonyl (C=O) groups is 1. The molecular formula is C28H31Cl2N3O2. The molecule has 0 saturated carbocycles. The summed E-state index contributed by atoms with van der Waals surface area (Å²) in [4.78, 5) is 17.5. The highest BCUT2D eigenvalue weighted by Crippen LogP contribution is 2.29. The fourth-order valence-electron chi connectivity index (χ4n) is 4.07. The first-order valence-corrected chi connectivity index (χ1v) is 12.6. The summed E-state index contributed by atoms with van der Waals surface area (Å²) in [6, 6.07) is 21.4. The van der Waals surface area contributed by atoms with Crippen molar-refractivity contribution in [3.8, 4) is 16.9 Å². The lowest BCUT2D eigenvalue weighted by atomic mass is 10.0. The fourth-order valence-corrected chi connectivity index (χ4v) is 4.32. The highest BCUT2D eigenvalue weighted by molar-refractivity contribution is 6.30. The summed E-state index contributed by atoms with van der Waals surface area (Å²) in [7, 11) is 2.15. The van der Waals surface area contributed by atoms with E-state index in [9.17, 15) is 4.79 Å². The Morgan fingerprint density at radius 1 is 0.914 bits per heavy atom. The standard InChI is InChI=1S/C28H31Cl2N3O2/c1-20(28(34)31-18-21-3-8-25(29)9-4-21)35-27-12-7-23(22-5-10-26(30)11-6-22)17-24(27)19-33-15-13-32(2)14-16-33/h3-12,17,20H,13-16,18-19H2,1-2H3,(H,31,34). The SMILES string of the molecule is CC(Oc1ccc(-c2ccc(Cl)cc2)cc1CN1CCN(C)CC1)C(=O)NCc1ccc(Cl)cc1. The molecule has 1 aliphatic heterocycles. The highest BCUT2D eigenvalue weighted by atomic mass is 35.5. The van der Waals surface area contributed by atoms with Crippen molar-refractivity contribution in [2.24, 2.45) is 0 Å². The van der Waals surface area contributed by atoms with Crippen LogP contribution in [0.15, 0.2) is 66.7 Å². The van der Waals surface area contributed by atoms with Gasteiger partial charge in [-0.15, -0.1) is 0 Å². The van der Waals surface area contributed by atoms with Crippen LogP contribution in [0.25, 0.3) is 11.1 Å². The molecule has 5 nitrogen and oxygen atoms in total. The van der Waals surface area contributed by atoms with Gasteiger partial charge in [-0.3, -0.25) is 9.69 Å². The van der Waals surface area contributed by atoms with Gasteiger partial charge < -0.3 is 15.0 Å². The molecule has 3 aromatic rings. The van der Waals surface area contributed by atoms with Gasteiger partial charge in [0.1, 0.15) is 5.75 Å². The highest BCUT2D eigenvalue weighted by Gasteiger charge is 2.20. The zero-order valence-electron chi connectivity index (χ0n) is 20.1. The van der Waals surface area contributed by atoms with Gasteiger partial charge in [0.15, 0.2) is 6.10 Å². The second-order valence-corrected chi connectivity index (χ2v) is 9.89. The number of nitrogens with one attached hydrogen (secondary N) is 1. The Balaban J connectivity index is 1.48. The van der Waals surface area contributed by atoms with Crippen LogP contribution in [0.4, 0.5) is 0 Å². The van der Waals surface area contributed by atoms with Crippen molar-refractivity contribution in [2.45, 2.75) is 26.1 Å². The molecule has 0 aromatic heterocycles. The average Bonchev–Trinajstić information content (AvgIpc) is 2.86. The summed E-state index contributed by atoms with van der Waals surface area (Å²) < 4.78 is 6.20. The second-order valence-electron chi connectivity index (χ2n) is 9.01. The number of likely N-dealkylation sites (N-methyl/N-ethyl adjacent to an activating group) is 1. The Labute approximate surface area is 217 Å². The Kier molecular flexibility index (Phi) is 8.69.